The van der Waals surface area contributed by atoms with E-state index in [1.165, 1.54) is 4.88 Å². The summed E-state index contributed by atoms with van der Waals surface area (Å²) in [5.41, 5.74) is -1.14. The van der Waals surface area contributed by atoms with Gasteiger partial charge in [0, 0.05) is 31.1 Å². The third kappa shape index (κ3) is 3.70. The monoisotopic (exact) mass is 300 g/mol. The number of likely N-dealkylation sites (N-methyl/N-ethyl adjacent to an activating group) is 1. The number of aryl methyl sites for hydroxylation is 1. The number of aromatic nitrogens is 1. The van der Waals surface area contributed by atoms with E-state index in [0.717, 1.165) is 22.9 Å². The van der Waals surface area contributed by atoms with Gasteiger partial charge in [-0.25, -0.2) is 4.98 Å². The molecule has 1 aromatic heterocycles. The Balaban J connectivity index is 1.88. The first-order chi connectivity index (χ1) is 9.01. The molecular weight excluding hydrogens is 280 g/mol. The zero-order chi connectivity index (χ0) is 13.9. The van der Waals surface area contributed by atoms with Crippen molar-refractivity contribution < 1.29 is 9.90 Å². The van der Waals surface area contributed by atoms with Gasteiger partial charge in [0.1, 0.15) is 5.60 Å². The molecule has 1 aromatic rings. The molecule has 0 spiro atoms. The molecule has 106 valence electrons. The standard InChI is InChI=1S/C13H20N2O2S2/c1-10-9-14-11(19-10)3-6-15(2)12(16)13(17)4-7-18-8-5-13/h9,17H,3-8H2,1-2H3. The average molecular weight is 300 g/mol. The van der Waals surface area contributed by atoms with Gasteiger partial charge in [0.05, 0.1) is 5.01 Å². The normalized spacial score (nSPS) is 18.3. The molecule has 1 aliphatic heterocycles. The minimum absolute atomic E-state index is 0.138. The zero-order valence-electron chi connectivity index (χ0n) is 11.4. The molecule has 4 nitrogen and oxygen atoms in total. The first-order valence-corrected chi connectivity index (χ1v) is 8.45. The van der Waals surface area contributed by atoms with Crippen LogP contribution in [-0.4, -0.2) is 51.6 Å². The highest BCUT2D eigenvalue weighted by molar-refractivity contribution is 7.99. The van der Waals surface area contributed by atoms with Crippen molar-refractivity contribution in [2.75, 3.05) is 25.1 Å². The summed E-state index contributed by atoms with van der Waals surface area (Å²) >= 11 is 3.46. The third-order valence-electron chi connectivity index (χ3n) is 3.39. The number of carbonyl (C=O) groups is 1. The molecule has 6 heteroatoms. The maximum Gasteiger partial charge on any atom is 0.254 e. The first kappa shape index (κ1) is 14.8. The molecule has 1 saturated heterocycles. The number of hydrogen-bond acceptors (Lipinski definition) is 5. The topological polar surface area (TPSA) is 53.4 Å². The van der Waals surface area contributed by atoms with E-state index in [0.29, 0.717) is 19.4 Å². The Bertz CT molecular complexity index is 442. The second kappa shape index (κ2) is 6.24. The number of carbonyl (C=O) groups excluding carboxylic acids is 1. The van der Waals surface area contributed by atoms with E-state index >= 15 is 0 Å². The van der Waals surface area contributed by atoms with E-state index in [2.05, 4.69) is 4.98 Å². The van der Waals surface area contributed by atoms with Gasteiger partial charge in [-0.3, -0.25) is 4.79 Å². The van der Waals surface area contributed by atoms with Crippen molar-refractivity contribution in [1.29, 1.82) is 0 Å². The predicted octanol–water partition coefficient (Wildman–Crippen LogP) is 1.71. The fourth-order valence-electron chi connectivity index (χ4n) is 2.16. The Morgan fingerprint density at radius 1 is 1.53 bits per heavy atom. The van der Waals surface area contributed by atoms with Crippen LogP contribution in [0.15, 0.2) is 6.20 Å². The summed E-state index contributed by atoms with van der Waals surface area (Å²) < 4.78 is 0. The Kier molecular flexibility index (Phi) is 4.86. The van der Waals surface area contributed by atoms with Crippen molar-refractivity contribution >= 4 is 29.0 Å². The van der Waals surface area contributed by atoms with Crippen molar-refractivity contribution in [3.8, 4) is 0 Å². The van der Waals surface area contributed by atoms with Gasteiger partial charge in [-0.1, -0.05) is 0 Å². The molecule has 19 heavy (non-hydrogen) atoms. The van der Waals surface area contributed by atoms with E-state index in [9.17, 15) is 9.90 Å². The lowest BCUT2D eigenvalue weighted by Crippen LogP contribution is -2.50. The SMILES string of the molecule is Cc1cnc(CCN(C)C(=O)C2(O)CCSCC2)s1. The summed E-state index contributed by atoms with van der Waals surface area (Å²) in [5, 5.41) is 11.4. The first-order valence-electron chi connectivity index (χ1n) is 6.48. The molecule has 0 unspecified atom stereocenters. The van der Waals surface area contributed by atoms with Crippen LogP contribution in [-0.2, 0) is 11.2 Å². The molecule has 0 aromatic carbocycles. The average Bonchev–Trinajstić information content (AvgIpc) is 2.82. The number of rotatable bonds is 4. The fourth-order valence-corrected chi connectivity index (χ4v) is 4.10. The van der Waals surface area contributed by atoms with Crippen LogP contribution in [0.5, 0.6) is 0 Å². The third-order valence-corrected chi connectivity index (χ3v) is 5.35. The van der Waals surface area contributed by atoms with Gasteiger partial charge in [0.25, 0.3) is 5.91 Å². The molecule has 0 atom stereocenters. The lowest BCUT2D eigenvalue weighted by molar-refractivity contribution is -0.150. The van der Waals surface area contributed by atoms with Crippen molar-refractivity contribution in [3.05, 3.63) is 16.1 Å². The maximum absolute atomic E-state index is 12.3. The van der Waals surface area contributed by atoms with Gasteiger partial charge in [-0.05, 0) is 31.3 Å². The van der Waals surface area contributed by atoms with Crippen molar-refractivity contribution in [1.82, 2.24) is 9.88 Å². The van der Waals surface area contributed by atoms with Gasteiger partial charge in [-0.2, -0.15) is 11.8 Å². The van der Waals surface area contributed by atoms with Gasteiger partial charge < -0.3 is 10.0 Å². The van der Waals surface area contributed by atoms with Gasteiger partial charge in [-0.15, -0.1) is 11.3 Å². The van der Waals surface area contributed by atoms with E-state index < -0.39 is 5.60 Å². The number of nitrogens with zero attached hydrogens (tertiary/aromatic N) is 2. The molecule has 2 heterocycles. The van der Waals surface area contributed by atoms with Crippen molar-refractivity contribution in [3.63, 3.8) is 0 Å². The lowest BCUT2D eigenvalue weighted by Gasteiger charge is -2.33. The Morgan fingerprint density at radius 2 is 2.21 bits per heavy atom. The van der Waals surface area contributed by atoms with Gasteiger partial charge in [0.15, 0.2) is 0 Å². The second-order valence-corrected chi connectivity index (χ2v) is 7.53. The number of hydrogen-bond donors (Lipinski definition) is 1. The summed E-state index contributed by atoms with van der Waals surface area (Å²) in [6, 6.07) is 0. The highest BCUT2D eigenvalue weighted by Crippen LogP contribution is 2.28. The molecule has 0 radical (unpaired) electrons. The van der Waals surface area contributed by atoms with Crippen LogP contribution in [0.1, 0.15) is 22.7 Å². The molecular formula is C13H20N2O2S2. The zero-order valence-corrected chi connectivity index (χ0v) is 13.0. The van der Waals surface area contributed by atoms with E-state index in [4.69, 9.17) is 0 Å². The summed E-state index contributed by atoms with van der Waals surface area (Å²) in [6.45, 7) is 2.64. The molecule has 0 aliphatic carbocycles. The molecule has 1 N–H and O–H groups in total. The van der Waals surface area contributed by atoms with Crippen LogP contribution in [0.2, 0.25) is 0 Å². The van der Waals surface area contributed by atoms with Crippen molar-refractivity contribution in [2.24, 2.45) is 0 Å². The van der Waals surface area contributed by atoms with E-state index in [1.807, 2.05) is 13.1 Å². The van der Waals surface area contributed by atoms with Crippen LogP contribution in [0.3, 0.4) is 0 Å². The Hall–Kier alpha value is -0.590. The smallest absolute Gasteiger partial charge is 0.254 e. The van der Waals surface area contributed by atoms with Crippen LogP contribution >= 0.6 is 23.1 Å². The van der Waals surface area contributed by atoms with E-state index in [1.54, 1.807) is 35.0 Å². The quantitative estimate of drug-likeness (QED) is 0.920. The summed E-state index contributed by atoms with van der Waals surface area (Å²) in [5.74, 6) is 1.59. The molecule has 0 saturated carbocycles. The number of aliphatic hydroxyl groups is 1. The number of amides is 1. The molecule has 2 rings (SSSR count). The van der Waals surface area contributed by atoms with Crippen LogP contribution < -0.4 is 0 Å². The molecule has 0 bridgehead atoms. The molecule has 1 amide bonds. The highest BCUT2D eigenvalue weighted by atomic mass is 32.2. The fraction of sp³-hybridized carbons (Fsp3) is 0.692. The van der Waals surface area contributed by atoms with Crippen LogP contribution in [0.25, 0.3) is 0 Å². The van der Waals surface area contributed by atoms with E-state index in [-0.39, 0.29) is 5.91 Å². The molecule has 1 fully saturated rings. The minimum Gasteiger partial charge on any atom is -0.380 e. The summed E-state index contributed by atoms with van der Waals surface area (Å²) in [6.07, 6.45) is 3.74. The second-order valence-electron chi connectivity index (χ2n) is 4.99. The van der Waals surface area contributed by atoms with Gasteiger partial charge >= 0.3 is 0 Å². The largest absolute Gasteiger partial charge is 0.380 e. The summed E-state index contributed by atoms with van der Waals surface area (Å²) in [7, 11) is 1.77. The number of thioether (sulfide) groups is 1. The van der Waals surface area contributed by atoms with Gasteiger partial charge in [0.2, 0.25) is 0 Å². The lowest BCUT2D eigenvalue weighted by atomic mass is 9.95. The maximum atomic E-state index is 12.3. The highest BCUT2D eigenvalue weighted by Gasteiger charge is 2.39. The minimum atomic E-state index is -1.14. The van der Waals surface area contributed by atoms with Crippen LogP contribution in [0, 0.1) is 6.92 Å². The summed E-state index contributed by atoms with van der Waals surface area (Å²) in [4.78, 5) is 19.4. The Morgan fingerprint density at radius 3 is 2.79 bits per heavy atom. The number of thiazole rings is 1. The van der Waals surface area contributed by atoms with Crippen molar-refractivity contribution in [2.45, 2.75) is 31.8 Å². The van der Waals surface area contributed by atoms with Crippen LogP contribution in [0.4, 0.5) is 0 Å². The Labute approximate surface area is 122 Å². The predicted molar refractivity (Wildman–Crippen MR) is 79.7 cm³/mol. The molecule has 1 aliphatic rings.